The van der Waals surface area contributed by atoms with Crippen LogP contribution in [0.2, 0.25) is 0 Å². The summed E-state index contributed by atoms with van der Waals surface area (Å²) in [5.74, 6) is 1.28. The van der Waals surface area contributed by atoms with Crippen LogP contribution < -0.4 is 5.32 Å². The van der Waals surface area contributed by atoms with Crippen molar-refractivity contribution >= 4 is 6.03 Å². The molecule has 0 bridgehead atoms. The first-order chi connectivity index (χ1) is 11.2. The molecule has 1 saturated heterocycles. The van der Waals surface area contributed by atoms with Gasteiger partial charge in [0.15, 0.2) is 0 Å². The molecule has 0 unspecified atom stereocenters. The number of allylic oxidation sites excluding steroid dienone is 1. The van der Waals surface area contributed by atoms with E-state index in [0.717, 1.165) is 44.7 Å². The first kappa shape index (κ1) is 16.0. The zero-order chi connectivity index (χ0) is 16.1. The number of hydrogen-bond acceptors (Lipinski definition) is 3. The maximum atomic E-state index is 12.4. The van der Waals surface area contributed by atoms with Crippen LogP contribution in [0.1, 0.15) is 56.7 Å². The van der Waals surface area contributed by atoms with Crippen LogP contribution >= 0.6 is 0 Å². The van der Waals surface area contributed by atoms with Crippen molar-refractivity contribution in [2.24, 2.45) is 7.05 Å². The highest BCUT2D eigenvalue weighted by Crippen LogP contribution is 2.25. The van der Waals surface area contributed by atoms with E-state index in [-0.39, 0.29) is 6.03 Å². The summed E-state index contributed by atoms with van der Waals surface area (Å²) in [5.41, 5.74) is 1.51. The van der Waals surface area contributed by atoms with Gasteiger partial charge in [-0.3, -0.25) is 0 Å². The van der Waals surface area contributed by atoms with E-state index < -0.39 is 0 Å². The lowest BCUT2D eigenvalue weighted by atomic mass is 9.97. The number of hydrogen-bond donors (Lipinski definition) is 1. The second kappa shape index (κ2) is 7.62. The average molecular weight is 317 g/mol. The van der Waals surface area contributed by atoms with Gasteiger partial charge in [-0.25, -0.2) is 4.79 Å². The van der Waals surface area contributed by atoms with Crippen LogP contribution in [0.15, 0.2) is 18.0 Å². The van der Waals surface area contributed by atoms with Gasteiger partial charge in [-0.2, -0.15) is 0 Å². The van der Waals surface area contributed by atoms with Crippen LogP contribution in [-0.4, -0.2) is 45.3 Å². The monoisotopic (exact) mass is 317 g/mol. The molecule has 1 atom stereocenters. The molecule has 2 aliphatic rings. The maximum Gasteiger partial charge on any atom is 0.317 e. The number of carbonyl (C=O) groups excluding carboxylic acids is 1. The molecule has 2 heterocycles. The van der Waals surface area contributed by atoms with Gasteiger partial charge >= 0.3 is 6.03 Å². The van der Waals surface area contributed by atoms with Crippen molar-refractivity contribution in [3.8, 4) is 0 Å². The Balaban J connectivity index is 1.47. The zero-order valence-corrected chi connectivity index (χ0v) is 14.0. The molecule has 0 radical (unpaired) electrons. The summed E-state index contributed by atoms with van der Waals surface area (Å²) in [7, 11) is 1.96. The Kier molecular flexibility index (Phi) is 5.31. The summed E-state index contributed by atoms with van der Waals surface area (Å²) in [5, 5.41) is 11.2. The number of piperidine rings is 1. The standard InChI is InChI=1S/C17H27N5O/c1-21-13-19-20-16(21)15-8-5-11-22(12-15)17(23)18-10-9-14-6-3-2-4-7-14/h6,13,15H,2-5,7-12H2,1H3,(H,18,23)/t15-/m1/s1. The average Bonchev–Trinajstić information content (AvgIpc) is 3.02. The van der Waals surface area contributed by atoms with Crippen LogP contribution in [0.25, 0.3) is 0 Å². The van der Waals surface area contributed by atoms with Crippen LogP contribution in [0, 0.1) is 0 Å². The lowest BCUT2D eigenvalue weighted by molar-refractivity contribution is 0.178. The van der Waals surface area contributed by atoms with E-state index in [4.69, 9.17) is 0 Å². The minimum atomic E-state index is 0.0632. The predicted molar refractivity (Wildman–Crippen MR) is 89.1 cm³/mol. The molecule has 126 valence electrons. The summed E-state index contributed by atoms with van der Waals surface area (Å²) >= 11 is 0. The minimum Gasteiger partial charge on any atom is -0.338 e. The largest absolute Gasteiger partial charge is 0.338 e. The Morgan fingerprint density at radius 2 is 2.30 bits per heavy atom. The smallest absolute Gasteiger partial charge is 0.317 e. The van der Waals surface area contributed by atoms with Gasteiger partial charge in [0.2, 0.25) is 0 Å². The molecule has 1 fully saturated rings. The minimum absolute atomic E-state index is 0.0632. The van der Waals surface area contributed by atoms with Crippen LogP contribution in [0.4, 0.5) is 4.79 Å². The predicted octanol–water partition coefficient (Wildman–Crippen LogP) is 2.59. The molecule has 23 heavy (non-hydrogen) atoms. The number of rotatable bonds is 4. The third-order valence-corrected chi connectivity index (χ3v) is 4.93. The number of aromatic nitrogens is 3. The summed E-state index contributed by atoms with van der Waals surface area (Å²) in [4.78, 5) is 14.3. The molecule has 0 aromatic carbocycles. The maximum absolute atomic E-state index is 12.4. The molecule has 0 saturated carbocycles. The molecule has 6 nitrogen and oxygen atoms in total. The van der Waals surface area contributed by atoms with Crippen molar-refractivity contribution < 1.29 is 4.79 Å². The number of urea groups is 1. The van der Waals surface area contributed by atoms with E-state index in [2.05, 4.69) is 21.6 Å². The molecule has 1 aliphatic heterocycles. The number of likely N-dealkylation sites (tertiary alicyclic amines) is 1. The Bertz CT molecular complexity index is 565. The highest BCUT2D eigenvalue weighted by Gasteiger charge is 2.27. The van der Waals surface area contributed by atoms with Crippen LogP contribution in [0.3, 0.4) is 0 Å². The molecule has 0 spiro atoms. The molecule has 1 aromatic heterocycles. The third kappa shape index (κ3) is 4.12. The van der Waals surface area contributed by atoms with E-state index in [1.54, 1.807) is 6.33 Å². The third-order valence-electron chi connectivity index (χ3n) is 4.93. The summed E-state index contributed by atoms with van der Waals surface area (Å²) in [6, 6.07) is 0.0632. The number of carbonyl (C=O) groups is 1. The first-order valence-electron chi connectivity index (χ1n) is 8.78. The fourth-order valence-electron chi connectivity index (χ4n) is 3.61. The molecular weight excluding hydrogens is 290 g/mol. The Labute approximate surface area is 138 Å². The van der Waals surface area contributed by atoms with Gasteiger partial charge < -0.3 is 14.8 Å². The van der Waals surface area contributed by atoms with E-state index in [9.17, 15) is 4.79 Å². The Morgan fingerprint density at radius 1 is 1.39 bits per heavy atom. The second-order valence-electron chi connectivity index (χ2n) is 6.68. The summed E-state index contributed by atoms with van der Waals surface area (Å²) in [6.45, 7) is 2.32. The van der Waals surface area contributed by atoms with Crippen molar-refractivity contribution in [2.75, 3.05) is 19.6 Å². The van der Waals surface area contributed by atoms with Gasteiger partial charge in [0, 0.05) is 32.6 Å². The van der Waals surface area contributed by atoms with Crippen LogP contribution in [-0.2, 0) is 7.05 Å². The molecule has 3 rings (SSSR count). The fraction of sp³-hybridized carbons (Fsp3) is 0.706. The molecule has 1 N–H and O–H groups in total. The highest BCUT2D eigenvalue weighted by molar-refractivity contribution is 5.74. The number of nitrogens with one attached hydrogen (secondary N) is 1. The van der Waals surface area contributed by atoms with Crippen molar-refractivity contribution in [2.45, 2.75) is 50.9 Å². The van der Waals surface area contributed by atoms with E-state index in [1.807, 2.05) is 16.5 Å². The molecule has 1 aromatic rings. The Hall–Kier alpha value is -1.85. The fourth-order valence-corrected chi connectivity index (χ4v) is 3.61. The highest BCUT2D eigenvalue weighted by atomic mass is 16.2. The lowest BCUT2D eigenvalue weighted by Gasteiger charge is -2.32. The number of aryl methyl sites for hydroxylation is 1. The molecule has 6 heteroatoms. The van der Waals surface area contributed by atoms with Gasteiger partial charge in [-0.15, -0.1) is 10.2 Å². The summed E-state index contributed by atoms with van der Waals surface area (Å²) < 4.78 is 1.96. The Morgan fingerprint density at radius 3 is 3.04 bits per heavy atom. The molecular formula is C17H27N5O. The normalized spacial score (nSPS) is 21.9. The number of nitrogens with zero attached hydrogens (tertiary/aromatic N) is 4. The topological polar surface area (TPSA) is 63.1 Å². The van der Waals surface area contributed by atoms with Gasteiger partial charge in [-0.1, -0.05) is 11.6 Å². The van der Waals surface area contributed by atoms with E-state index in [1.165, 1.54) is 31.3 Å². The van der Waals surface area contributed by atoms with Crippen LogP contribution in [0.5, 0.6) is 0 Å². The van der Waals surface area contributed by atoms with Gasteiger partial charge in [-0.05, 0) is 44.9 Å². The number of amides is 2. The first-order valence-corrected chi connectivity index (χ1v) is 8.78. The van der Waals surface area contributed by atoms with Gasteiger partial charge in [0.1, 0.15) is 12.2 Å². The van der Waals surface area contributed by atoms with Crippen molar-refractivity contribution in [1.29, 1.82) is 0 Å². The molecule has 2 amide bonds. The summed E-state index contributed by atoms with van der Waals surface area (Å²) in [6.07, 6.45) is 12.2. The lowest BCUT2D eigenvalue weighted by Crippen LogP contribution is -2.45. The van der Waals surface area contributed by atoms with Gasteiger partial charge in [0.25, 0.3) is 0 Å². The quantitative estimate of drug-likeness (QED) is 0.868. The zero-order valence-electron chi connectivity index (χ0n) is 14.0. The van der Waals surface area contributed by atoms with Crippen molar-refractivity contribution in [3.63, 3.8) is 0 Å². The van der Waals surface area contributed by atoms with Gasteiger partial charge in [0.05, 0.1) is 0 Å². The second-order valence-corrected chi connectivity index (χ2v) is 6.68. The SMILES string of the molecule is Cn1cnnc1[C@@H]1CCCN(C(=O)NCCC2=CCCCC2)C1. The molecule has 1 aliphatic carbocycles. The van der Waals surface area contributed by atoms with Crippen molar-refractivity contribution in [3.05, 3.63) is 23.8 Å². The van der Waals surface area contributed by atoms with Crippen molar-refractivity contribution in [1.82, 2.24) is 25.0 Å². The van der Waals surface area contributed by atoms with E-state index >= 15 is 0 Å². The van der Waals surface area contributed by atoms with E-state index in [0.29, 0.717) is 5.92 Å².